The summed E-state index contributed by atoms with van der Waals surface area (Å²) in [6.45, 7) is 2.73. The van der Waals surface area contributed by atoms with E-state index in [4.69, 9.17) is 5.73 Å². The number of amides is 2. The van der Waals surface area contributed by atoms with E-state index in [0.29, 0.717) is 17.0 Å². The fourth-order valence-corrected chi connectivity index (χ4v) is 3.23. The van der Waals surface area contributed by atoms with Crippen LogP contribution in [-0.4, -0.2) is 31.8 Å². The number of pyridine rings is 1. The number of carbonyl (C=O) groups is 3. The highest BCUT2D eigenvalue weighted by molar-refractivity contribution is 6.01. The molecule has 2 aromatic heterocycles. The van der Waals surface area contributed by atoms with Crippen molar-refractivity contribution in [3.05, 3.63) is 97.2 Å². The van der Waals surface area contributed by atoms with Crippen molar-refractivity contribution in [2.24, 2.45) is 5.73 Å². The number of hydrogen-bond acceptors (Lipinski definition) is 6. The molecule has 3 aromatic rings. The summed E-state index contributed by atoms with van der Waals surface area (Å²) >= 11 is 0. The lowest BCUT2D eigenvalue weighted by molar-refractivity contribution is -0.385. The van der Waals surface area contributed by atoms with Crippen molar-refractivity contribution < 1.29 is 19.3 Å². The predicted molar refractivity (Wildman–Crippen MR) is 114 cm³/mol. The number of rotatable bonds is 7. The van der Waals surface area contributed by atoms with Gasteiger partial charge in [-0.05, 0) is 32.0 Å². The molecule has 32 heavy (non-hydrogen) atoms. The van der Waals surface area contributed by atoms with Crippen LogP contribution in [0.3, 0.4) is 0 Å². The fraction of sp³-hybridized carbons (Fsp3) is 0.143. The SMILES string of the molecule is Cc1cc(C(=O)Cn2cc([N+](=O)[O-])cc(C(N)=O)c2=O)c(C)n1NC(=O)c1ccccc1. The average molecular weight is 437 g/mol. The molecule has 0 aliphatic rings. The van der Waals surface area contributed by atoms with Gasteiger partial charge in [-0.1, -0.05) is 18.2 Å². The van der Waals surface area contributed by atoms with Crippen molar-refractivity contribution in [2.75, 3.05) is 5.43 Å². The second-order valence-electron chi connectivity index (χ2n) is 7.02. The number of hydrogen-bond donors (Lipinski definition) is 2. The standard InChI is InChI=1S/C21H19N5O6/c1-12-8-16(13(2)25(12)23-20(29)14-6-4-3-5-7-14)18(27)11-24-10-15(26(31)32)9-17(19(22)28)21(24)30/h3-10H,11H2,1-2H3,(H2,22,28)(H,23,29). The molecule has 1 aromatic carbocycles. The summed E-state index contributed by atoms with van der Waals surface area (Å²) in [5.41, 5.74) is 7.37. The van der Waals surface area contributed by atoms with E-state index in [-0.39, 0.29) is 11.5 Å². The second kappa shape index (κ2) is 8.68. The lowest BCUT2D eigenvalue weighted by Gasteiger charge is -2.12. The number of nitrogens with two attached hydrogens (primary N) is 1. The van der Waals surface area contributed by atoms with E-state index in [1.165, 1.54) is 10.7 Å². The Hall–Kier alpha value is -4.54. The number of primary amides is 1. The van der Waals surface area contributed by atoms with Gasteiger partial charge in [0.1, 0.15) is 5.56 Å². The van der Waals surface area contributed by atoms with Crippen LogP contribution in [0.1, 0.15) is 42.5 Å². The fourth-order valence-electron chi connectivity index (χ4n) is 3.23. The minimum Gasteiger partial charge on any atom is -0.365 e. The molecular weight excluding hydrogens is 418 g/mol. The van der Waals surface area contributed by atoms with Crippen LogP contribution >= 0.6 is 0 Å². The lowest BCUT2D eigenvalue weighted by Crippen LogP contribution is -2.31. The molecule has 0 aliphatic carbocycles. The van der Waals surface area contributed by atoms with Gasteiger partial charge in [-0.3, -0.25) is 39.4 Å². The summed E-state index contributed by atoms with van der Waals surface area (Å²) in [6.07, 6.45) is 0.878. The van der Waals surface area contributed by atoms with Gasteiger partial charge in [0.15, 0.2) is 5.78 Å². The molecule has 2 amide bonds. The highest BCUT2D eigenvalue weighted by atomic mass is 16.6. The molecule has 164 valence electrons. The van der Waals surface area contributed by atoms with Gasteiger partial charge in [0.25, 0.3) is 23.1 Å². The number of nitro groups is 1. The van der Waals surface area contributed by atoms with Crippen molar-refractivity contribution in [3.8, 4) is 0 Å². The molecule has 11 nitrogen and oxygen atoms in total. The number of ketones is 1. The molecule has 11 heteroatoms. The Morgan fingerprint density at radius 1 is 1.09 bits per heavy atom. The van der Waals surface area contributed by atoms with Crippen molar-refractivity contribution >= 4 is 23.3 Å². The van der Waals surface area contributed by atoms with E-state index >= 15 is 0 Å². The van der Waals surface area contributed by atoms with Crippen LogP contribution in [0.4, 0.5) is 5.69 Å². The first-order valence-electron chi connectivity index (χ1n) is 9.37. The first-order chi connectivity index (χ1) is 15.1. The Bertz CT molecular complexity index is 1310. The molecule has 3 N–H and O–H groups in total. The molecule has 0 aliphatic heterocycles. The molecule has 2 heterocycles. The Kier molecular flexibility index (Phi) is 6.01. The summed E-state index contributed by atoms with van der Waals surface area (Å²) in [5.74, 6) is -2.06. The largest absolute Gasteiger partial charge is 0.365 e. The third-order valence-electron chi connectivity index (χ3n) is 4.84. The zero-order valence-electron chi connectivity index (χ0n) is 17.2. The summed E-state index contributed by atoms with van der Waals surface area (Å²) in [7, 11) is 0. The number of Topliss-reactive ketones (excluding diaryl/α,β-unsaturated/α-hetero) is 1. The monoisotopic (exact) mass is 437 g/mol. The molecule has 0 atom stereocenters. The normalized spacial score (nSPS) is 10.6. The number of nitrogens with zero attached hydrogens (tertiary/aromatic N) is 3. The van der Waals surface area contributed by atoms with Crippen LogP contribution in [0.2, 0.25) is 0 Å². The van der Waals surface area contributed by atoms with Crippen LogP contribution in [0, 0.1) is 24.0 Å². The maximum Gasteiger partial charge on any atom is 0.286 e. The van der Waals surface area contributed by atoms with Gasteiger partial charge in [0.05, 0.1) is 17.7 Å². The summed E-state index contributed by atoms with van der Waals surface area (Å²) in [4.78, 5) is 59.6. The highest BCUT2D eigenvalue weighted by Crippen LogP contribution is 2.17. The quantitative estimate of drug-likeness (QED) is 0.324. The Balaban J connectivity index is 1.92. The zero-order chi connectivity index (χ0) is 23.6. The molecule has 0 spiro atoms. The van der Waals surface area contributed by atoms with Gasteiger partial charge in [0, 0.05) is 28.6 Å². The molecule has 0 unspecified atom stereocenters. The second-order valence-corrected chi connectivity index (χ2v) is 7.02. The third kappa shape index (κ3) is 4.31. The number of aryl methyl sites for hydroxylation is 1. The molecule has 0 radical (unpaired) electrons. The molecule has 0 saturated carbocycles. The van der Waals surface area contributed by atoms with Crippen LogP contribution < -0.4 is 16.7 Å². The first-order valence-corrected chi connectivity index (χ1v) is 9.37. The summed E-state index contributed by atoms with van der Waals surface area (Å²) < 4.78 is 2.21. The van der Waals surface area contributed by atoms with Gasteiger partial charge in [-0.25, -0.2) is 0 Å². The van der Waals surface area contributed by atoms with Gasteiger partial charge in [-0.2, -0.15) is 0 Å². The van der Waals surface area contributed by atoms with E-state index in [9.17, 15) is 29.3 Å². The predicted octanol–water partition coefficient (Wildman–Crippen LogP) is 1.54. The molecule has 0 saturated heterocycles. The van der Waals surface area contributed by atoms with Crippen molar-refractivity contribution in [3.63, 3.8) is 0 Å². The number of nitrogens with one attached hydrogen (secondary N) is 1. The maximum atomic E-state index is 12.9. The molecule has 3 rings (SSSR count). The topological polar surface area (TPSA) is 159 Å². The van der Waals surface area contributed by atoms with E-state index in [1.54, 1.807) is 44.2 Å². The first kappa shape index (κ1) is 22.2. The van der Waals surface area contributed by atoms with Gasteiger partial charge < -0.3 is 10.3 Å². The van der Waals surface area contributed by atoms with Crippen LogP contribution in [0.5, 0.6) is 0 Å². The van der Waals surface area contributed by atoms with Gasteiger partial charge in [-0.15, -0.1) is 0 Å². The smallest absolute Gasteiger partial charge is 0.286 e. The van der Waals surface area contributed by atoms with Crippen LogP contribution in [0.25, 0.3) is 0 Å². The van der Waals surface area contributed by atoms with E-state index < -0.39 is 40.0 Å². The Labute approximate surface area is 181 Å². The van der Waals surface area contributed by atoms with Crippen molar-refractivity contribution in [2.45, 2.75) is 20.4 Å². The zero-order valence-corrected chi connectivity index (χ0v) is 17.2. The van der Waals surface area contributed by atoms with E-state index in [1.807, 2.05) is 0 Å². The van der Waals surface area contributed by atoms with Gasteiger partial charge >= 0.3 is 0 Å². The minimum atomic E-state index is -1.14. The molecule has 0 bridgehead atoms. The average Bonchev–Trinajstić information content (AvgIpc) is 3.03. The van der Waals surface area contributed by atoms with Gasteiger partial charge in [0.2, 0.25) is 0 Å². The Morgan fingerprint density at radius 3 is 2.34 bits per heavy atom. The van der Waals surface area contributed by atoms with E-state index in [2.05, 4.69) is 5.43 Å². The lowest BCUT2D eigenvalue weighted by atomic mass is 10.1. The number of benzene rings is 1. The summed E-state index contributed by atoms with van der Waals surface area (Å²) in [5, 5.41) is 11.1. The van der Waals surface area contributed by atoms with E-state index in [0.717, 1.165) is 16.8 Å². The minimum absolute atomic E-state index is 0.204. The van der Waals surface area contributed by atoms with Crippen LogP contribution in [0.15, 0.2) is 53.5 Å². The van der Waals surface area contributed by atoms with Crippen LogP contribution in [-0.2, 0) is 6.54 Å². The molecule has 0 fully saturated rings. The molecular formula is C21H19N5O6. The van der Waals surface area contributed by atoms with Crippen molar-refractivity contribution in [1.29, 1.82) is 0 Å². The summed E-state index contributed by atoms with van der Waals surface area (Å²) in [6, 6.07) is 10.8. The maximum absolute atomic E-state index is 12.9. The Morgan fingerprint density at radius 2 is 1.75 bits per heavy atom. The van der Waals surface area contributed by atoms with Crippen molar-refractivity contribution in [1.82, 2.24) is 9.24 Å². The highest BCUT2D eigenvalue weighted by Gasteiger charge is 2.22. The third-order valence-corrected chi connectivity index (χ3v) is 4.84. The number of carbonyl (C=O) groups excluding carboxylic acids is 3. The number of aromatic nitrogens is 2.